The molecule has 0 aromatic heterocycles. The van der Waals surface area contributed by atoms with Crippen LogP contribution in [0.5, 0.6) is 0 Å². The first-order chi connectivity index (χ1) is 11.4. The first-order valence-electron chi connectivity index (χ1n) is 8.00. The minimum Gasteiger partial charge on any atom is -0.456 e. The number of nitrogens with one attached hydrogen (secondary N) is 1. The maximum Gasteiger partial charge on any atom is 0.343 e. The standard InChI is InChI=1S/C17H20F2N2O3.ClH/c18-16(19)7-6-13(8-16)17(23,12-4-2-1-3-5-12)15(22)24-14-9-20-11-21-10-14;/h1-5,11,13-14,23H,6-10H2,(H,20,21);1H/t13-,17+;/m1./s1. The molecule has 1 saturated carbocycles. The van der Waals surface area contributed by atoms with Crippen molar-refractivity contribution in [3.05, 3.63) is 35.9 Å². The zero-order chi connectivity index (χ0) is 17.2. The van der Waals surface area contributed by atoms with Gasteiger partial charge in [-0.15, -0.1) is 12.4 Å². The first kappa shape index (κ1) is 19.6. The smallest absolute Gasteiger partial charge is 0.343 e. The topological polar surface area (TPSA) is 70.9 Å². The van der Waals surface area contributed by atoms with Crippen molar-refractivity contribution in [1.82, 2.24) is 5.32 Å². The first-order valence-corrected chi connectivity index (χ1v) is 8.00. The van der Waals surface area contributed by atoms with Gasteiger partial charge in [0.1, 0.15) is 6.10 Å². The van der Waals surface area contributed by atoms with Gasteiger partial charge < -0.3 is 15.2 Å². The third-order valence-corrected chi connectivity index (χ3v) is 4.63. The number of carbonyl (C=O) groups excluding carboxylic acids is 1. The zero-order valence-corrected chi connectivity index (χ0v) is 14.3. The number of hydrogen-bond acceptors (Lipinski definition) is 5. The summed E-state index contributed by atoms with van der Waals surface area (Å²) in [6, 6.07) is 8.18. The molecule has 0 saturated heterocycles. The summed E-state index contributed by atoms with van der Waals surface area (Å²) in [7, 11) is 0. The van der Waals surface area contributed by atoms with Crippen molar-refractivity contribution in [1.29, 1.82) is 0 Å². The minimum absolute atomic E-state index is 0. The molecule has 5 nitrogen and oxygen atoms in total. The Morgan fingerprint density at radius 2 is 2.08 bits per heavy atom. The molecule has 3 rings (SSSR count). The van der Waals surface area contributed by atoms with Crippen molar-refractivity contribution in [3.63, 3.8) is 0 Å². The largest absolute Gasteiger partial charge is 0.456 e. The Labute approximate surface area is 150 Å². The SMILES string of the molecule is Cl.O=C(OC1CN=CNC1)[C@](O)(c1ccccc1)[C@@H]1CCC(F)(F)C1. The number of benzene rings is 1. The van der Waals surface area contributed by atoms with Gasteiger partial charge in [-0.1, -0.05) is 30.3 Å². The average Bonchev–Trinajstić information content (AvgIpc) is 2.96. The van der Waals surface area contributed by atoms with Crippen LogP contribution >= 0.6 is 12.4 Å². The van der Waals surface area contributed by atoms with Crippen molar-refractivity contribution in [2.75, 3.05) is 13.1 Å². The Bertz CT molecular complexity index is 630. The highest BCUT2D eigenvalue weighted by Gasteiger charge is 2.54. The number of aliphatic imine (C=N–C) groups is 1. The van der Waals surface area contributed by atoms with Crippen LogP contribution < -0.4 is 5.32 Å². The molecule has 1 heterocycles. The van der Waals surface area contributed by atoms with Crippen LogP contribution in [0.1, 0.15) is 24.8 Å². The van der Waals surface area contributed by atoms with Gasteiger partial charge >= 0.3 is 5.97 Å². The number of aliphatic hydroxyl groups is 1. The normalized spacial score (nSPS) is 26.8. The van der Waals surface area contributed by atoms with E-state index < -0.39 is 35.9 Å². The lowest BCUT2D eigenvalue weighted by Crippen LogP contribution is -2.47. The van der Waals surface area contributed by atoms with E-state index in [9.17, 15) is 18.7 Å². The van der Waals surface area contributed by atoms with Crippen LogP contribution in [0.2, 0.25) is 0 Å². The van der Waals surface area contributed by atoms with Crippen LogP contribution in [0, 0.1) is 5.92 Å². The third kappa shape index (κ3) is 4.10. The molecule has 0 bridgehead atoms. The lowest BCUT2D eigenvalue weighted by Gasteiger charge is -2.34. The fourth-order valence-electron chi connectivity index (χ4n) is 3.32. The van der Waals surface area contributed by atoms with Crippen molar-refractivity contribution in [3.8, 4) is 0 Å². The van der Waals surface area contributed by atoms with Crippen LogP contribution in [0.4, 0.5) is 8.78 Å². The van der Waals surface area contributed by atoms with E-state index in [2.05, 4.69) is 10.3 Å². The number of esters is 1. The van der Waals surface area contributed by atoms with Gasteiger partial charge in [0, 0.05) is 18.8 Å². The molecule has 25 heavy (non-hydrogen) atoms. The van der Waals surface area contributed by atoms with Gasteiger partial charge in [0.2, 0.25) is 5.92 Å². The third-order valence-electron chi connectivity index (χ3n) is 4.63. The maximum atomic E-state index is 13.7. The Kier molecular flexibility index (Phi) is 6.00. The second-order valence-electron chi connectivity index (χ2n) is 6.36. The van der Waals surface area contributed by atoms with Crippen LogP contribution in [0.15, 0.2) is 35.3 Å². The summed E-state index contributed by atoms with van der Waals surface area (Å²) in [6.07, 6.45) is 0.184. The molecular weight excluding hydrogens is 354 g/mol. The maximum absolute atomic E-state index is 13.7. The number of ether oxygens (including phenoxy) is 1. The summed E-state index contributed by atoms with van der Waals surface area (Å²) in [5.74, 6) is -4.65. The van der Waals surface area contributed by atoms with E-state index in [0.717, 1.165) is 0 Å². The van der Waals surface area contributed by atoms with E-state index in [1.165, 1.54) is 6.34 Å². The molecule has 1 aliphatic heterocycles. The quantitative estimate of drug-likeness (QED) is 0.793. The van der Waals surface area contributed by atoms with Gasteiger partial charge in [-0.05, 0) is 12.0 Å². The van der Waals surface area contributed by atoms with Crippen molar-refractivity contribution in [2.24, 2.45) is 10.9 Å². The fraction of sp³-hybridized carbons (Fsp3) is 0.529. The molecule has 1 aromatic carbocycles. The van der Waals surface area contributed by atoms with Gasteiger partial charge in [0.25, 0.3) is 0 Å². The second kappa shape index (κ2) is 7.66. The number of carbonyl (C=O) groups is 1. The van der Waals surface area contributed by atoms with Gasteiger partial charge in [0.05, 0.1) is 19.4 Å². The molecule has 3 atom stereocenters. The van der Waals surface area contributed by atoms with Crippen molar-refractivity contribution in [2.45, 2.75) is 36.9 Å². The highest BCUT2D eigenvalue weighted by Crippen LogP contribution is 2.48. The summed E-state index contributed by atoms with van der Waals surface area (Å²) in [6.45, 7) is 0.658. The molecule has 2 aliphatic rings. The van der Waals surface area contributed by atoms with Crippen LogP contribution in [0.3, 0.4) is 0 Å². The number of halogens is 3. The second-order valence-corrected chi connectivity index (χ2v) is 6.36. The van der Waals surface area contributed by atoms with Gasteiger partial charge in [-0.25, -0.2) is 13.6 Å². The van der Waals surface area contributed by atoms with Crippen LogP contribution in [0.25, 0.3) is 0 Å². The summed E-state index contributed by atoms with van der Waals surface area (Å²) >= 11 is 0. The molecule has 0 amide bonds. The molecule has 1 aromatic rings. The van der Waals surface area contributed by atoms with Crippen molar-refractivity contribution >= 4 is 24.7 Å². The number of alkyl halides is 2. The Balaban J connectivity index is 0.00000225. The summed E-state index contributed by atoms with van der Waals surface area (Å²) < 4.78 is 32.7. The summed E-state index contributed by atoms with van der Waals surface area (Å²) in [4.78, 5) is 16.7. The molecule has 8 heteroatoms. The molecular formula is C17H21ClF2N2O3. The van der Waals surface area contributed by atoms with E-state index in [4.69, 9.17) is 4.74 Å². The van der Waals surface area contributed by atoms with Crippen LogP contribution in [-0.2, 0) is 15.1 Å². The summed E-state index contributed by atoms with van der Waals surface area (Å²) in [5.41, 5.74) is -1.80. The highest BCUT2D eigenvalue weighted by molar-refractivity contribution is 5.85. The van der Waals surface area contributed by atoms with E-state index >= 15 is 0 Å². The fourth-order valence-corrected chi connectivity index (χ4v) is 3.32. The molecule has 0 spiro atoms. The average molecular weight is 375 g/mol. The van der Waals surface area contributed by atoms with Gasteiger partial charge in [0.15, 0.2) is 5.60 Å². The van der Waals surface area contributed by atoms with Crippen molar-refractivity contribution < 1.29 is 23.4 Å². The van der Waals surface area contributed by atoms with E-state index in [0.29, 0.717) is 6.54 Å². The Hall–Kier alpha value is -1.73. The highest BCUT2D eigenvalue weighted by atomic mass is 35.5. The Morgan fingerprint density at radius 3 is 2.64 bits per heavy atom. The lowest BCUT2D eigenvalue weighted by atomic mass is 9.80. The molecule has 2 N–H and O–H groups in total. The monoisotopic (exact) mass is 374 g/mol. The molecule has 138 valence electrons. The van der Waals surface area contributed by atoms with Gasteiger partial charge in [-0.3, -0.25) is 4.99 Å². The van der Waals surface area contributed by atoms with E-state index in [-0.39, 0.29) is 37.4 Å². The molecule has 1 unspecified atom stereocenters. The van der Waals surface area contributed by atoms with Crippen LogP contribution in [-0.4, -0.2) is 42.5 Å². The van der Waals surface area contributed by atoms with E-state index in [1.807, 2.05) is 0 Å². The number of rotatable bonds is 4. The number of nitrogens with zero attached hydrogens (tertiary/aromatic N) is 1. The predicted octanol–water partition coefficient (Wildman–Crippen LogP) is 2.27. The molecule has 1 aliphatic carbocycles. The van der Waals surface area contributed by atoms with Gasteiger partial charge in [-0.2, -0.15) is 0 Å². The van der Waals surface area contributed by atoms with E-state index in [1.54, 1.807) is 30.3 Å². The summed E-state index contributed by atoms with van der Waals surface area (Å²) in [5, 5.41) is 14.0. The minimum atomic E-state index is -2.87. The molecule has 1 fully saturated rings. The predicted molar refractivity (Wildman–Crippen MR) is 91.1 cm³/mol. The molecule has 0 radical (unpaired) electrons. The zero-order valence-electron chi connectivity index (χ0n) is 13.5. The lowest BCUT2D eigenvalue weighted by molar-refractivity contribution is -0.179. The number of hydrogen-bond donors (Lipinski definition) is 2. The Morgan fingerprint density at radius 1 is 1.36 bits per heavy atom.